The van der Waals surface area contributed by atoms with Gasteiger partial charge in [0.25, 0.3) is 5.91 Å². The van der Waals surface area contributed by atoms with Gasteiger partial charge in [0.1, 0.15) is 17.7 Å². The van der Waals surface area contributed by atoms with Crippen molar-refractivity contribution in [3.05, 3.63) is 139 Å². The molecule has 0 bridgehead atoms. The Bertz CT molecular complexity index is 2250. The smallest absolute Gasteiger partial charge is 0.407 e. The SMILES string of the molecule is COC(=O)N[C@@H](C(=O)N1CCC[C@H]1c1ncc(-c2ccc(-c3ccc(-c4cnc([C@@H]5CCCN5C(=O)Cc5ccncc5)[nH]4)cc3)cc2)[nH]1)c1ccccc1. The highest BCUT2D eigenvalue weighted by Gasteiger charge is 2.37. The molecule has 0 aliphatic carbocycles. The Morgan fingerprint density at radius 3 is 1.82 bits per heavy atom. The molecule has 2 aliphatic rings. The number of carbonyl (C=O) groups excluding carboxylic acids is 3. The lowest BCUT2D eigenvalue weighted by atomic mass is 10.0. The van der Waals surface area contributed by atoms with E-state index in [2.05, 4.69) is 68.8 Å². The van der Waals surface area contributed by atoms with Crippen molar-refractivity contribution in [2.75, 3.05) is 20.2 Å². The number of H-pyrrole nitrogens is 2. The lowest BCUT2D eigenvalue weighted by Crippen LogP contribution is -2.42. The first-order chi connectivity index (χ1) is 26.9. The Morgan fingerprint density at radius 1 is 0.727 bits per heavy atom. The summed E-state index contributed by atoms with van der Waals surface area (Å²) in [6.07, 6.45) is 10.2. The molecule has 12 heteroatoms. The summed E-state index contributed by atoms with van der Waals surface area (Å²) in [5, 5.41) is 2.71. The van der Waals surface area contributed by atoms with E-state index in [0.717, 1.165) is 77.3 Å². The summed E-state index contributed by atoms with van der Waals surface area (Å²) in [7, 11) is 1.29. The zero-order valence-corrected chi connectivity index (χ0v) is 30.5. The summed E-state index contributed by atoms with van der Waals surface area (Å²) in [6.45, 7) is 1.29. The minimum Gasteiger partial charge on any atom is -0.453 e. The number of aromatic amines is 2. The number of carbonyl (C=O) groups is 3. The molecule has 2 saturated heterocycles. The van der Waals surface area contributed by atoms with Crippen molar-refractivity contribution < 1.29 is 19.1 Å². The van der Waals surface area contributed by atoms with Crippen molar-refractivity contribution in [2.24, 2.45) is 0 Å². The van der Waals surface area contributed by atoms with Gasteiger partial charge in [-0.3, -0.25) is 14.6 Å². The van der Waals surface area contributed by atoms with E-state index in [1.807, 2.05) is 59.8 Å². The topological polar surface area (TPSA) is 149 Å². The highest BCUT2D eigenvalue weighted by atomic mass is 16.5. The molecule has 3 amide bonds. The molecule has 8 rings (SSSR count). The number of nitrogens with one attached hydrogen (secondary N) is 3. The summed E-state index contributed by atoms with van der Waals surface area (Å²) in [6, 6.07) is 28.5. The van der Waals surface area contributed by atoms with Crippen LogP contribution in [0, 0.1) is 0 Å². The van der Waals surface area contributed by atoms with Crippen LogP contribution in [0.4, 0.5) is 4.79 Å². The molecule has 55 heavy (non-hydrogen) atoms. The van der Waals surface area contributed by atoms with Crippen LogP contribution in [0.25, 0.3) is 33.6 Å². The van der Waals surface area contributed by atoms with Gasteiger partial charge in [-0.15, -0.1) is 0 Å². The van der Waals surface area contributed by atoms with E-state index in [0.29, 0.717) is 24.4 Å². The molecule has 5 heterocycles. The van der Waals surface area contributed by atoms with E-state index in [1.165, 1.54) is 7.11 Å². The van der Waals surface area contributed by atoms with E-state index in [4.69, 9.17) is 14.7 Å². The van der Waals surface area contributed by atoms with Gasteiger partial charge in [-0.2, -0.15) is 0 Å². The number of hydrogen-bond donors (Lipinski definition) is 3. The maximum atomic E-state index is 13.9. The first-order valence-corrected chi connectivity index (χ1v) is 18.6. The van der Waals surface area contributed by atoms with Crippen LogP contribution in [0.1, 0.15) is 66.6 Å². The lowest BCUT2D eigenvalue weighted by Gasteiger charge is -2.28. The zero-order chi connectivity index (χ0) is 37.7. The largest absolute Gasteiger partial charge is 0.453 e. The number of likely N-dealkylation sites (tertiary alicyclic amines) is 2. The highest BCUT2D eigenvalue weighted by molar-refractivity contribution is 5.87. The van der Waals surface area contributed by atoms with E-state index in [9.17, 15) is 14.4 Å². The normalized spacial score (nSPS) is 17.3. The molecular weight excluding hydrogens is 693 g/mol. The third-order valence-electron chi connectivity index (χ3n) is 10.6. The van der Waals surface area contributed by atoms with Crippen LogP contribution in [0.3, 0.4) is 0 Å². The molecule has 278 valence electrons. The second-order valence-electron chi connectivity index (χ2n) is 14.0. The minimum atomic E-state index is -0.870. The number of methoxy groups -OCH3 is 1. The fourth-order valence-corrected chi connectivity index (χ4v) is 7.71. The number of ether oxygens (including phenoxy) is 1. The van der Waals surface area contributed by atoms with Crippen LogP contribution < -0.4 is 5.32 Å². The van der Waals surface area contributed by atoms with Crippen molar-refractivity contribution in [1.29, 1.82) is 0 Å². The molecule has 3 atom stereocenters. The molecule has 3 aromatic carbocycles. The number of rotatable bonds is 10. The van der Waals surface area contributed by atoms with Crippen LogP contribution in [0.15, 0.2) is 116 Å². The molecule has 2 fully saturated rings. The first kappa shape index (κ1) is 35.5. The number of pyridine rings is 1. The number of aromatic nitrogens is 5. The van der Waals surface area contributed by atoms with Gasteiger partial charge < -0.3 is 29.8 Å². The van der Waals surface area contributed by atoms with Gasteiger partial charge in [-0.1, -0.05) is 78.9 Å². The summed E-state index contributed by atoms with van der Waals surface area (Å²) >= 11 is 0. The van der Waals surface area contributed by atoms with Gasteiger partial charge in [-0.25, -0.2) is 14.8 Å². The van der Waals surface area contributed by atoms with Gasteiger partial charge >= 0.3 is 6.09 Å². The molecule has 0 radical (unpaired) electrons. The molecule has 2 aliphatic heterocycles. The van der Waals surface area contributed by atoms with Crippen molar-refractivity contribution in [1.82, 2.24) is 40.0 Å². The number of imidazole rings is 2. The van der Waals surface area contributed by atoms with Crippen LogP contribution in [-0.4, -0.2) is 72.8 Å². The number of hydrogen-bond acceptors (Lipinski definition) is 7. The zero-order valence-electron chi connectivity index (χ0n) is 30.5. The molecule has 12 nitrogen and oxygen atoms in total. The van der Waals surface area contributed by atoms with Gasteiger partial charge in [0.2, 0.25) is 5.91 Å². The average molecular weight is 735 g/mol. The van der Waals surface area contributed by atoms with Gasteiger partial charge in [0.15, 0.2) is 0 Å². The van der Waals surface area contributed by atoms with Crippen LogP contribution >= 0.6 is 0 Å². The highest BCUT2D eigenvalue weighted by Crippen LogP contribution is 2.35. The number of benzene rings is 3. The second kappa shape index (κ2) is 15.8. The van der Waals surface area contributed by atoms with E-state index in [-0.39, 0.29) is 23.9 Å². The first-order valence-electron chi connectivity index (χ1n) is 18.6. The molecule has 0 spiro atoms. The van der Waals surface area contributed by atoms with Gasteiger partial charge in [-0.05, 0) is 71.2 Å². The molecule has 3 N–H and O–H groups in total. The predicted molar refractivity (Wildman–Crippen MR) is 207 cm³/mol. The third-order valence-corrected chi connectivity index (χ3v) is 10.6. The fourth-order valence-electron chi connectivity index (χ4n) is 7.71. The summed E-state index contributed by atoms with van der Waals surface area (Å²) in [4.78, 5) is 63.4. The Hall–Kier alpha value is -6.56. The molecular formula is C43H42N8O4. The maximum Gasteiger partial charge on any atom is 0.407 e. The summed E-state index contributed by atoms with van der Waals surface area (Å²) < 4.78 is 4.82. The Labute approximate surface area is 319 Å². The lowest BCUT2D eigenvalue weighted by molar-refractivity contribution is -0.134. The maximum absolute atomic E-state index is 13.9. The Morgan fingerprint density at radius 2 is 1.25 bits per heavy atom. The van der Waals surface area contributed by atoms with E-state index < -0.39 is 12.1 Å². The fraction of sp³-hybridized carbons (Fsp3) is 0.256. The van der Waals surface area contributed by atoms with E-state index in [1.54, 1.807) is 17.3 Å². The Balaban J connectivity index is 0.921. The Kier molecular flexibility index (Phi) is 10.2. The van der Waals surface area contributed by atoms with Crippen molar-refractivity contribution >= 4 is 17.9 Å². The standard InChI is InChI=1S/C43H42N8O4/c1-55-43(54)49-39(33-7-3-2-4-8-33)42(53)51-24-6-10-37(51)41-46-27-35(48-41)32-17-13-30(14-18-32)29-11-15-31(16-12-29)34-26-45-40(47-34)36-9-5-23-50(36)38(52)25-28-19-21-44-22-20-28/h2-4,7-8,11-22,26-27,36-37,39H,5-6,9-10,23-25H2,1H3,(H,45,47)(H,46,48)(H,49,54)/t36-,37-,39+/m0/s1. The van der Waals surface area contributed by atoms with Crippen LogP contribution in [0.5, 0.6) is 0 Å². The van der Waals surface area contributed by atoms with Crippen LogP contribution in [0.2, 0.25) is 0 Å². The summed E-state index contributed by atoms with van der Waals surface area (Å²) in [5.41, 5.74) is 7.58. The number of amides is 3. The van der Waals surface area contributed by atoms with Gasteiger partial charge in [0.05, 0.1) is 49.4 Å². The monoisotopic (exact) mass is 734 g/mol. The molecule has 6 aromatic rings. The predicted octanol–water partition coefficient (Wildman–Crippen LogP) is 7.20. The quantitative estimate of drug-likeness (QED) is 0.135. The third kappa shape index (κ3) is 7.61. The van der Waals surface area contributed by atoms with Gasteiger partial charge in [0, 0.05) is 25.5 Å². The number of nitrogens with zero attached hydrogens (tertiary/aromatic N) is 5. The van der Waals surface area contributed by atoms with Crippen molar-refractivity contribution in [3.63, 3.8) is 0 Å². The minimum absolute atomic E-state index is 0.0613. The van der Waals surface area contributed by atoms with Crippen molar-refractivity contribution in [3.8, 4) is 33.6 Å². The summed E-state index contributed by atoms with van der Waals surface area (Å²) in [5.74, 6) is 1.43. The molecule has 0 saturated carbocycles. The second-order valence-corrected chi connectivity index (χ2v) is 14.0. The number of alkyl carbamates (subject to hydrolysis) is 1. The van der Waals surface area contributed by atoms with E-state index >= 15 is 0 Å². The van der Waals surface area contributed by atoms with Crippen LogP contribution in [-0.2, 0) is 20.7 Å². The van der Waals surface area contributed by atoms with Crippen molar-refractivity contribution in [2.45, 2.75) is 50.2 Å². The molecule has 0 unspecified atom stereocenters. The average Bonchev–Trinajstić information content (AvgIpc) is 4.08. The molecule has 3 aromatic heterocycles.